The first-order valence-corrected chi connectivity index (χ1v) is 10.6. The number of alkyl halides is 1. The van der Waals surface area contributed by atoms with Gasteiger partial charge in [0.1, 0.15) is 0 Å². The third-order valence-electron chi connectivity index (χ3n) is 7.27. The van der Waals surface area contributed by atoms with Crippen LogP contribution in [0.3, 0.4) is 0 Å². The van der Waals surface area contributed by atoms with Gasteiger partial charge in [-0.15, -0.1) is 0 Å². The predicted octanol–water partition coefficient (Wildman–Crippen LogP) is 6.78. The lowest BCUT2D eigenvalue weighted by molar-refractivity contribution is 0.130. The zero-order valence-corrected chi connectivity index (χ0v) is 16.9. The molecule has 0 amide bonds. The molecule has 3 aliphatic rings. The SMILES string of the molecule is CC1(C)c2ccccc2C2CC[C@](C)(C3=CCC(I)CC3)CC21. The topological polar surface area (TPSA) is 0 Å². The molecule has 0 spiro atoms. The maximum atomic E-state index is 2.63. The molecule has 1 aromatic rings. The molecule has 0 aliphatic heterocycles. The van der Waals surface area contributed by atoms with Gasteiger partial charge in [-0.1, -0.05) is 79.3 Å². The summed E-state index contributed by atoms with van der Waals surface area (Å²) in [4.78, 5) is 0. The van der Waals surface area contributed by atoms with Crippen molar-refractivity contribution in [3.8, 4) is 0 Å². The van der Waals surface area contributed by atoms with E-state index in [9.17, 15) is 0 Å². The Morgan fingerprint density at radius 1 is 1.09 bits per heavy atom. The van der Waals surface area contributed by atoms with Crippen LogP contribution in [0.1, 0.15) is 76.3 Å². The third-order valence-corrected chi connectivity index (χ3v) is 8.40. The van der Waals surface area contributed by atoms with Crippen molar-refractivity contribution in [2.45, 2.75) is 74.6 Å². The average Bonchev–Trinajstić information content (AvgIpc) is 2.76. The molecule has 0 nitrogen and oxygen atoms in total. The van der Waals surface area contributed by atoms with Gasteiger partial charge in [-0.2, -0.15) is 0 Å². The van der Waals surface area contributed by atoms with Crippen LogP contribution >= 0.6 is 22.6 Å². The first kappa shape index (κ1) is 16.2. The Morgan fingerprint density at radius 3 is 2.61 bits per heavy atom. The number of hydrogen-bond acceptors (Lipinski definition) is 0. The molecule has 3 aliphatic carbocycles. The molecule has 0 heterocycles. The van der Waals surface area contributed by atoms with Crippen molar-refractivity contribution in [3.05, 3.63) is 47.0 Å². The Hall–Kier alpha value is -0.310. The highest BCUT2D eigenvalue weighted by Crippen LogP contribution is 2.61. The van der Waals surface area contributed by atoms with Crippen molar-refractivity contribution in [2.24, 2.45) is 11.3 Å². The zero-order chi connectivity index (χ0) is 16.2. The summed E-state index contributed by atoms with van der Waals surface area (Å²) in [5.74, 6) is 1.62. The van der Waals surface area contributed by atoms with Crippen LogP contribution in [0.5, 0.6) is 0 Å². The second-order valence-electron chi connectivity index (χ2n) is 8.93. The van der Waals surface area contributed by atoms with Crippen LogP contribution in [0.2, 0.25) is 0 Å². The summed E-state index contributed by atoms with van der Waals surface area (Å²) in [5.41, 5.74) is 5.87. The van der Waals surface area contributed by atoms with E-state index in [0.717, 1.165) is 15.8 Å². The number of rotatable bonds is 1. The molecule has 0 bridgehead atoms. The highest BCUT2D eigenvalue weighted by molar-refractivity contribution is 14.1. The average molecular weight is 420 g/mol. The molecular weight excluding hydrogens is 391 g/mol. The monoisotopic (exact) mass is 420 g/mol. The van der Waals surface area contributed by atoms with Crippen molar-refractivity contribution in [1.29, 1.82) is 0 Å². The second-order valence-corrected chi connectivity index (χ2v) is 10.7. The van der Waals surface area contributed by atoms with Crippen molar-refractivity contribution < 1.29 is 0 Å². The Kier molecular flexibility index (Phi) is 3.94. The first-order chi connectivity index (χ1) is 10.9. The van der Waals surface area contributed by atoms with Crippen molar-refractivity contribution >= 4 is 22.6 Å². The van der Waals surface area contributed by atoms with Gasteiger partial charge in [-0.25, -0.2) is 0 Å². The maximum Gasteiger partial charge on any atom is 0.0147 e. The van der Waals surface area contributed by atoms with E-state index in [2.05, 4.69) is 73.7 Å². The van der Waals surface area contributed by atoms with Gasteiger partial charge >= 0.3 is 0 Å². The molecule has 0 saturated heterocycles. The standard InChI is InChI=1S/C22H29I/c1-21(2)19-7-5-4-6-17(19)18-12-13-22(3,14-20(18)21)15-8-10-16(23)11-9-15/h4-8,16,18,20H,9-14H2,1-3H3/t16?,18?,20?,22-/m0/s1. The lowest BCUT2D eigenvalue weighted by Crippen LogP contribution is -2.37. The van der Waals surface area contributed by atoms with Crippen molar-refractivity contribution in [2.75, 3.05) is 0 Å². The molecule has 1 fully saturated rings. The van der Waals surface area contributed by atoms with E-state index in [1.165, 1.54) is 38.5 Å². The van der Waals surface area contributed by atoms with E-state index in [-0.39, 0.29) is 0 Å². The Bertz CT molecular complexity index is 641. The molecule has 124 valence electrons. The van der Waals surface area contributed by atoms with Gasteiger partial charge in [0.25, 0.3) is 0 Å². The van der Waals surface area contributed by atoms with Crippen LogP contribution in [0.25, 0.3) is 0 Å². The highest BCUT2D eigenvalue weighted by atomic mass is 127. The summed E-state index contributed by atoms with van der Waals surface area (Å²) in [6.07, 6.45) is 10.8. The molecule has 1 aromatic carbocycles. The van der Waals surface area contributed by atoms with E-state index in [1.807, 2.05) is 0 Å². The van der Waals surface area contributed by atoms with Gasteiger partial charge in [0.05, 0.1) is 0 Å². The molecule has 0 aromatic heterocycles. The molecule has 4 atom stereocenters. The van der Waals surface area contributed by atoms with Crippen LogP contribution in [0, 0.1) is 11.3 Å². The van der Waals surface area contributed by atoms with Gasteiger partial charge in [-0.3, -0.25) is 0 Å². The number of benzene rings is 1. The Morgan fingerprint density at radius 2 is 1.87 bits per heavy atom. The number of fused-ring (bicyclic) bond motifs is 3. The fraction of sp³-hybridized carbons (Fsp3) is 0.636. The molecule has 3 unspecified atom stereocenters. The van der Waals surface area contributed by atoms with Crippen LogP contribution in [0.15, 0.2) is 35.9 Å². The minimum absolute atomic E-state index is 0.337. The van der Waals surface area contributed by atoms with Gasteiger partial charge in [-0.05, 0) is 72.3 Å². The molecule has 1 heteroatoms. The lowest BCUT2D eigenvalue weighted by Gasteiger charge is -2.47. The number of allylic oxidation sites excluding steroid dienone is 2. The molecule has 1 saturated carbocycles. The fourth-order valence-corrected chi connectivity index (χ4v) is 6.35. The van der Waals surface area contributed by atoms with E-state index >= 15 is 0 Å². The number of hydrogen-bond donors (Lipinski definition) is 0. The van der Waals surface area contributed by atoms with E-state index in [1.54, 1.807) is 16.7 Å². The minimum atomic E-state index is 0.337. The van der Waals surface area contributed by atoms with Crippen LogP contribution in [-0.4, -0.2) is 3.92 Å². The Labute approximate surface area is 155 Å². The van der Waals surface area contributed by atoms with Gasteiger partial charge < -0.3 is 0 Å². The maximum absolute atomic E-state index is 2.63. The summed E-state index contributed by atoms with van der Waals surface area (Å²) in [6.45, 7) is 7.57. The molecular formula is C22H29I. The highest BCUT2D eigenvalue weighted by Gasteiger charge is 2.51. The van der Waals surface area contributed by atoms with E-state index in [0.29, 0.717) is 10.8 Å². The molecule has 4 rings (SSSR count). The van der Waals surface area contributed by atoms with Crippen molar-refractivity contribution in [3.63, 3.8) is 0 Å². The smallest absolute Gasteiger partial charge is 0.0147 e. The molecule has 23 heavy (non-hydrogen) atoms. The first-order valence-electron chi connectivity index (χ1n) is 9.35. The Balaban J connectivity index is 1.65. The van der Waals surface area contributed by atoms with E-state index in [4.69, 9.17) is 0 Å². The van der Waals surface area contributed by atoms with Crippen molar-refractivity contribution in [1.82, 2.24) is 0 Å². The summed E-state index contributed by atoms with van der Waals surface area (Å²) in [6, 6.07) is 9.28. The third kappa shape index (κ3) is 2.53. The van der Waals surface area contributed by atoms with Gasteiger partial charge in [0.2, 0.25) is 0 Å². The van der Waals surface area contributed by atoms with Gasteiger partial charge in [0, 0.05) is 3.92 Å². The molecule has 0 N–H and O–H groups in total. The fourth-order valence-electron chi connectivity index (χ4n) is 5.78. The zero-order valence-electron chi connectivity index (χ0n) is 14.7. The van der Waals surface area contributed by atoms with Crippen LogP contribution < -0.4 is 0 Å². The molecule has 0 radical (unpaired) electrons. The lowest BCUT2D eigenvalue weighted by atomic mass is 9.58. The summed E-state index contributed by atoms with van der Waals surface area (Å²) >= 11 is 2.63. The second kappa shape index (κ2) is 5.61. The van der Waals surface area contributed by atoms with Crippen LogP contribution in [-0.2, 0) is 5.41 Å². The normalized spacial score (nSPS) is 38.6. The largest absolute Gasteiger partial charge is 0.0837 e. The van der Waals surface area contributed by atoms with Crippen LogP contribution in [0.4, 0.5) is 0 Å². The minimum Gasteiger partial charge on any atom is -0.0837 e. The van der Waals surface area contributed by atoms with Gasteiger partial charge in [0.15, 0.2) is 0 Å². The number of halogens is 1. The van der Waals surface area contributed by atoms with E-state index < -0.39 is 0 Å². The predicted molar refractivity (Wildman–Crippen MR) is 107 cm³/mol. The quantitative estimate of drug-likeness (QED) is 0.267. The summed E-state index contributed by atoms with van der Waals surface area (Å²) in [5, 5.41) is 0. The summed E-state index contributed by atoms with van der Waals surface area (Å²) in [7, 11) is 0. The summed E-state index contributed by atoms with van der Waals surface area (Å²) < 4.78 is 0.864.